The molecule has 2 heterocycles. The molecule has 1 aliphatic rings. The Hall–Kier alpha value is -4.04. The molecule has 0 amide bonds. The molecule has 36 heavy (non-hydrogen) atoms. The standard InChI is InChI=1S/C28H23FN4O2S/c1-18(32-36(34)25-11-12-25)28(21-14-19-4-2-3-5-26(19)30-16-21)35-24-10-13-27-20(15-24)17-31-33(27)23-8-6-22(29)7-9-23/h2-10,13-17,25,28,32H,1,11-12H2/t28-,36?/m0/s1. The monoisotopic (exact) mass is 498 g/mol. The lowest BCUT2D eigenvalue weighted by atomic mass is 10.1. The van der Waals surface area contributed by atoms with E-state index in [1.165, 1.54) is 12.1 Å². The van der Waals surface area contributed by atoms with Crippen LogP contribution in [0.15, 0.2) is 97.5 Å². The van der Waals surface area contributed by atoms with Crippen molar-refractivity contribution in [1.29, 1.82) is 0 Å². The fourth-order valence-corrected chi connectivity index (χ4v) is 5.22. The third kappa shape index (κ3) is 4.47. The molecule has 6 nitrogen and oxygen atoms in total. The Labute approximate surface area is 210 Å². The first kappa shape index (κ1) is 22.4. The van der Waals surface area contributed by atoms with E-state index < -0.39 is 17.1 Å². The number of hydrogen-bond donors (Lipinski definition) is 1. The molecule has 1 unspecified atom stereocenters. The van der Waals surface area contributed by atoms with Gasteiger partial charge in [0.1, 0.15) is 22.6 Å². The Bertz CT molecular complexity index is 1610. The van der Waals surface area contributed by atoms with Gasteiger partial charge < -0.3 is 9.46 Å². The Morgan fingerprint density at radius 1 is 1.06 bits per heavy atom. The van der Waals surface area contributed by atoms with Crippen molar-refractivity contribution in [2.45, 2.75) is 24.2 Å². The zero-order chi connectivity index (χ0) is 24.6. The van der Waals surface area contributed by atoms with Crippen LogP contribution in [0.4, 0.5) is 4.39 Å². The Morgan fingerprint density at radius 3 is 2.67 bits per heavy atom. The molecule has 0 saturated heterocycles. The van der Waals surface area contributed by atoms with Crippen LogP contribution in [0.3, 0.4) is 0 Å². The van der Waals surface area contributed by atoms with E-state index in [1.807, 2.05) is 48.5 Å². The number of nitrogens with zero attached hydrogens (tertiary/aromatic N) is 3. The molecule has 1 aliphatic carbocycles. The average molecular weight is 499 g/mol. The molecule has 2 aromatic heterocycles. The van der Waals surface area contributed by atoms with E-state index in [4.69, 9.17) is 4.74 Å². The lowest BCUT2D eigenvalue weighted by Gasteiger charge is -2.23. The number of benzene rings is 3. The molecular weight excluding hydrogens is 475 g/mol. The summed E-state index contributed by atoms with van der Waals surface area (Å²) in [7, 11) is -1.20. The van der Waals surface area contributed by atoms with Crippen LogP contribution in [0.5, 0.6) is 5.75 Å². The van der Waals surface area contributed by atoms with Gasteiger partial charge in [0.05, 0.1) is 33.9 Å². The third-order valence-electron chi connectivity index (χ3n) is 6.15. The maximum Gasteiger partial charge on any atom is 0.165 e. The summed E-state index contributed by atoms with van der Waals surface area (Å²) in [5.41, 5.74) is 3.83. The van der Waals surface area contributed by atoms with Crippen molar-refractivity contribution in [2.75, 3.05) is 0 Å². The molecule has 1 fully saturated rings. The SMILES string of the molecule is C=C(NS(=O)C1CC1)[C@H](Oc1ccc2c(cnn2-c2ccc(F)cc2)c1)c1cnc2ccccc2c1. The van der Waals surface area contributed by atoms with Crippen LogP contribution < -0.4 is 9.46 Å². The highest BCUT2D eigenvalue weighted by atomic mass is 32.2. The summed E-state index contributed by atoms with van der Waals surface area (Å²) in [5, 5.41) is 6.48. The van der Waals surface area contributed by atoms with E-state index >= 15 is 0 Å². The number of halogens is 1. The van der Waals surface area contributed by atoms with E-state index in [1.54, 1.807) is 29.2 Å². The summed E-state index contributed by atoms with van der Waals surface area (Å²) in [5.74, 6) is 0.316. The van der Waals surface area contributed by atoms with Crippen molar-refractivity contribution < 1.29 is 13.3 Å². The number of rotatable bonds is 8. The van der Waals surface area contributed by atoms with E-state index in [2.05, 4.69) is 21.4 Å². The van der Waals surface area contributed by atoms with Crippen molar-refractivity contribution in [2.24, 2.45) is 0 Å². The van der Waals surface area contributed by atoms with Crippen LogP contribution in [-0.4, -0.2) is 24.2 Å². The van der Waals surface area contributed by atoms with Crippen molar-refractivity contribution in [1.82, 2.24) is 19.5 Å². The van der Waals surface area contributed by atoms with Gasteiger partial charge in [-0.25, -0.2) is 13.3 Å². The summed E-state index contributed by atoms with van der Waals surface area (Å²) < 4.78 is 37.2. The van der Waals surface area contributed by atoms with Gasteiger partial charge in [0.25, 0.3) is 0 Å². The van der Waals surface area contributed by atoms with E-state index in [0.29, 0.717) is 11.4 Å². The number of pyridine rings is 1. The van der Waals surface area contributed by atoms with Gasteiger partial charge >= 0.3 is 0 Å². The molecule has 8 heteroatoms. The number of fused-ring (bicyclic) bond motifs is 2. The lowest BCUT2D eigenvalue weighted by Crippen LogP contribution is -2.26. The Kier molecular flexibility index (Phi) is 5.73. The molecule has 0 bridgehead atoms. The lowest BCUT2D eigenvalue weighted by molar-refractivity contribution is 0.239. The van der Waals surface area contributed by atoms with E-state index in [9.17, 15) is 8.60 Å². The minimum atomic E-state index is -1.20. The first-order chi connectivity index (χ1) is 17.5. The highest BCUT2D eigenvalue weighted by molar-refractivity contribution is 7.84. The second kappa shape index (κ2) is 9.20. The van der Waals surface area contributed by atoms with Crippen LogP contribution in [0, 0.1) is 5.82 Å². The number of para-hydroxylation sites is 1. The van der Waals surface area contributed by atoms with Gasteiger partial charge in [0.15, 0.2) is 6.10 Å². The number of hydrogen-bond acceptors (Lipinski definition) is 4. The van der Waals surface area contributed by atoms with Gasteiger partial charge in [-0.3, -0.25) is 4.98 Å². The molecule has 3 aromatic carbocycles. The molecular formula is C28H23FN4O2S. The normalized spacial score (nSPS) is 15.0. The average Bonchev–Trinajstić information content (AvgIpc) is 3.67. The third-order valence-corrected chi connectivity index (χ3v) is 7.69. The molecule has 180 valence electrons. The van der Waals surface area contributed by atoms with Crippen LogP contribution in [-0.2, 0) is 11.0 Å². The molecule has 1 saturated carbocycles. The van der Waals surface area contributed by atoms with Crippen LogP contribution in [0.2, 0.25) is 0 Å². The Balaban J connectivity index is 1.33. The van der Waals surface area contributed by atoms with Crippen molar-refractivity contribution in [3.8, 4) is 11.4 Å². The van der Waals surface area contributed by atoms with Gasteiger partial charge in [-0.15, -0.1) is 0 Å². The second-order valence-corrected chi connectivity index (χ2v) is 10.3. The van der Waals surface area contributed by atoms with Crippen LogP contribution in [0.1, 0.15) is 24.5 Å². The predicted octanol–water partition coefficient (Wildman–Crippen LogP) is 5.76. The molecule has 6 rings (SSSR count). The van der Waals surface area contributed by atoms with Crippen LogP contribution in [0.25, 0.3) is 27.5 Å². The fraction of sp³-hybridized carbons (Fsp3) is 0.143. The Morgan fingerprint density at radius 2 is 1.86 bits per heavy atom. The topological polar surface area (TPSA) is 69.0 Å². The molecule has 1 N–H and O–H groups in total. The highest BCUT2D eigenvalue weighted by Gasteiger charge is 2.30. The second-order valence-electron chi connectivity index (χ2n) is 8.84. The number of aromatic nitrogens is 3. The summed E-state index contributed by atoms with van der Waals surface area (Å²) in [6, 6.07) is 21.7. The largest absolute Gasteiger partial charge is 0.479 e. The number of ether oxygens (including phenoxy) is 1. The van der Waals surface area contributed by atoms with Gasteiger partial charge in [-0.2, -0.15) is 5.10 Å². The molecule has 2 atom stereocenters. The van der Waals surface area contributed by atoms with Crippen molar-refractivity contribution in [3.63, 3.8) is 0 Å². The van der Waals surface area contributed by atoms with E-state index in [-0.39, 0.29) is 11.1 Å². The van der Waals surface area contributed by atoms with Crippen molar-refractivity contribution in [3.05, 3.63) is 109 Å². The summed E-state index contributed by atoms with van der Waals surface area (Å²) >= 11 is 0. The van der Waals surface area contributed by atoms with Crippen LogP contribution >= 0.6 is 0 Å². The van der Waals surface area contributed by atoms with E-state index in [0.717, 1.165) is 45.9 Å². The maximum absolute atomic E-state index is 13.4. The predicted molar refractivity (Wildman–Crippen MR) is 140 cm³/mol. The summed E-state index contributed by atoms with van der Waals surface area (Å²) in [6.07, 6.45) is 4.81. The maximum atomic E-state index is 13.4. The zero-order valence-electron chi connectivity index (χ0n) is 19.3. The minimum absolute atomic E-state index is 0.158. The van der Waals surface area contributed by atoms with Gasteiger partial charge in [-0.1, -0.05) is 24.8 Å². The molecule has 0 spiro atoms. The summed E-state index contributed by atoms with van der Waals surface area (Å²) in [6.45, 7) is 4.17. The highest BCUT2D eigenvalue weighted by Crippen LogP contribution is 2.32. The smallest absolute Gasteiger partial charge is 0.165 e. The minimum Gasteiger partial charge on any atom is -0.479 e. The fourth-order valence-electron chi connectivity index (χ4n) is 4.13. The first-order valence-electron chi connectivity index (χ1n) is 11.7. The van der Waals surface area contributed by atoms with Gasteiger partial charge in [0.2, 0.25) is 0 Å². The molecule has 5 aromatic rings. The van der Waals surface area contributed by atoms with Gasteiger partial charge in [-0.05, 0) is 67.4 Å². The molecule has 0 aliphatic heterocycles. The summed E-state index contributed by atoms with van der Waals surface area (Å²) in [4.78, 5) is 4.58. The quantitative estimate of drug-likeness (QED) is 0.295. The first-order valence-corrected chi connectivity index (χ1v) is 12.9. The number of nitrogens with one attached hydrogen (secondary N) is 1. The zero-order valence-corrected chi connectivity index (χ0v) is 20.1. The van der Waals surface area contributed by atoms with Gasteiger partial charge in [0, 0.05) is 22.5 Å². The molecule has 0 radical (unpaired) electrons. The van der Waals surface area contributed by atoms with Crippen molar-refractivity contribution >= 4 is 32.8 Å².